The van der Waals surface area contributed by atoms with E-state index in [4.69, 9.17) is 5.11 Å². The highest BCUT2D eigenvalue weighted by atomic mass is 16.5. The second-order valence-corrected chi connectivity index (χ2v) is 3.60. The van der Waals surface area contributed by atoms with E-state index in [1.54, 1.807) is 6.92 Å². The SMILES string of the molecule is C=CCOC(=O)NC(Cc1nc[nH]c1C)C(=O)O. The van der Waals surface area contributed by atoms with Crippen LogP contribution in [0.5, 0.6) is 0 Å². The number of rotatable bonds is 6. The molecule has 1 amide bonds. The molecule has 0 aliphatic heterocycles. The fraction of sp³-hybridized carbons (Fsp3) is 0.364. The number of aliphatic carboxylic acids is 1. The highest BCUT2D eigenvalue weighted by Gasteiger charge is 2.22. The van der Waals surface area contributed by atoms with E-state index in [1.807, 2.05) is 0 Å². The summed E-state index contributed by atoms with van der Waals surface area (Å²) in [6.45, 7) is 5.19. The third-order valence-corrected chi connectivity index (χ3v) is 2.25. The van der Waals surface area contributed by atoms with E-state index in [9.17, 15) is 9.59 Å². The van der Waals surface area contributed by atoms with Gasteiger partial charge in [0.05, 0.1) is 12.0 Å². The van der Waals surface area contributed by atoms with Gasteiger partial charge in [-0.05, 0) is 6.92 Å². The van der Waals surface area contributed by atoms with Crippen molar-refractivity contribution in [2.24, 2.45) is 0 Å². The Morgan fingerprint density at radius 3 is 2.94 bits per heavy atom. The van der Waals surface area contributed by atoms with Crippen molar-refractivity contribution >= 4 is 12.1 Å². The van der Waals surface area contributed by atoms with Crippen LogP contribution < -0.4 is 5.32 Å². The highest BCUT2D eigenvalue weighted by molar-refractivity contribution is 5.80. The van der Waals surface area contributed by atoms with Gasteiger partial charge in [0.2, 0.25) is 0 Å². The van der Waals surface area contributed by atoms with Crippen LogP contribution in [0, 0.1) is 6.92 Å². The number of ether oxygens (including phenoxy) is 1. The van der Waals surface area contributed by atoms with Gasteiger partial charge in [0.1, 0.15) is 12.6 Å². The average Bonchev–Trinajstić information content (AvgIpc) is 2.71. The molecule has 18 heavy (non-hydrogen) atoms. The fourth-order valence-electron chi connectivity index (χ4n) is 1.30. The Morgan fingerprint density at radius 2 is 2.44 bits per heavy atom. The number of imidazole rings is 1. The molecule has 0 spiro atoms. The zero-order valence-corrected chi connectivity index (χ0v) is 9.97. The number of hydrogen-bond acceptors (Lipinski definition) is 4. The zero-order valence-electron chi connectivity index (χ0n) is 9.97. The van der Waals surface area contributed by atoms with E-state index in [1.165, 1.54) is 12.4 Å². The van der Waals surface area contributed by atoms with Crippen molar-refractivity contribution < 1.29 is 19.4 Å². The summed E-state index contributed by atoms with van der Waals surface area (Å²) in [6, 6.07) is -1.08. The standard InChI is InChI=1S/C11H15N3O4/c1-3-4-18-11(17)14-9(10(15)16)5-8-7(2)12-6-13-8/h3,6,9H,1,4-5H2,2H3,(H,12,13)(H,14,17)(H,15,16). The van der Waals surface area contributed by atoms with Crippen molar-refractivity contribution in [2.45, 2.75) is 19.4 Å². The smallest absolute Gasteiger partial charge is 0.408 e. The minimum atomic E-state index is -1.15. The molecule has 0 saturated carbocycles. The van der Waals surface area contributed by atoms with Crippen molar-refractivity contribution in [3.05, 3.63) is 30.4 Å². The number of carboxylic acids is 1. The maximum Gasteiger partial charge on any atom is 0.408 e. The normalized spacial score (nSPS) is 11.6. The van der Waals surface area contributed by atoms with Crippen molar-refractivity contribution in [1.29, 1.82) is 0 Å². The molecule has 1 unspecified atom stereocenters. The molecule has 1 atom stereocenters. The van der Waals surface area contributed by atoms with Crippen molar-refractivity contribution in [2.75, 3.05) is 6.61 Å². The molecule has 1 aromatic rings. The molecule has 1 rings (SSSR count). The van der Waals surface area contributed by atoms with Crippen LogP contribution in [0.15, 0.2) is 19.0 Å². The van der Waals surface area contributed by atoms with Crippen molar-refractivity contribution in [1.82, 2.24) is 15.3 Å². The molecule has 1 heterocycles. The van der Waals surface area contributed by atoms with Crippen LogP contribution in [0.1, 0.15) is 11.4 Å². The van der Waals surface area contributed by atoms with Gasteiger partial charge in [0, 0.05) is 12.1 Å². The number of aromatic nitrogens is 2. The Morgan fingerprint density at radius 1 is 1.72 bits per heavy atom. The largest absolute Gasteiger partial charge is 0.480 e. The number of carbonyl (C=O) groups is 2. The second-order valence-electron chi connectivity index (χ2n) is 3.60. The lowest BCUT2D eigenvalue weighted by molar-refractivity contribution is -0.139. The summed E-state index contributed by atoms with van der Waals surface area (Å²) in [4.78, 5) is 29.1. The minimum Gasteiger partial charge on any atom is -0.480 e. The predicted molar refractivity (Wildman–Crippen MR) is 63.1 cm³/mol. The molecule has 0 saturated heterocycles. The van der Waals surface area contributed by atoms with Gasteiger partial charge < -0.3 is 20.1 Å². The molecule has 3 N–H and O–H groups in total. The Hall–Kier alpha value is -2.31. The van der Waals surface area contributed by atoms with Crippen LogP contribution in [-0.2, 0) is 16.0 Å². The molecule has 7 heteroatoms. The minimum absolute atomic E-state index is 0.0274. The number of carboxylic acid groups (broad SMARTS) is 1. The Bertz CT molecular complexity index is 441. The first-order valence-electron chi connectivity index (χ1n) is 5.30. The van der Waals surface area contributed by atoms with Crippen molar-refractivity contribution in [3.8, 4) is 0 Å². The van der Waals surface area contributed by atoms with E-state index in [0.717, 1.165) is 5.69 Å². The number of nitrogens with zero attached hydrogens (tertiary/aromatic N) is 1. The van der Waals surface area contributed by atoms with Crippen molar-refractivity contribution in [3.63, 3.8) is 0 Å². The van der Waals surface area contributed by atoms with Crippen LogP contribution in [-0.4, -0.2) is 39.8 Å². The lowest BCUT2D eigenvalue weighted by atomic mass is 10.1. The predicted octanol–water partition coefficient (Wildman–Crippen LogP) is 0.626. The van der Waals surface area contributed by atoms with Gasteiger partial charge in [-0.1, -0.05) is 12.7 Å². The van der Waals surface area contributed by atoms with Crippen LogP contribution in [0.2, 0.25) is 0 Å². The molecule has 98 valence electrons. The summed E-state index contributed by atoms with van der Waals surface area (Å²) >= 11 is 0. The van der Waals surface area contributed by atoms with Gasteiger partial charge in [0.25, 0.3) is 0 Å². The molecule has 0 radical (unpaired) electrons. The Kier molecular flexibility index (Phi) is 4.91. The lowest BCUT2D eigenvalue weighted by Gasteiger charge is -2.13. The molecular formula is C11H15N3O4. The van der Waals surface area contributed by atoms with E-state index in [2.05, 4.69) is 26.6 Å². The molecule has 0 aliphatic rings. The van der Waals surface area contributed by atoms with Gasteiger partial charge in [-0.3, -0.25) is 0 Å². The number of aryl methyl sites for hydroxylation is 1. The summed E-state index contributed by atoms with van der Waals surface area (Å²) in [5, 5.41) is 11.3. The quantitative estimate of drug-likeness (QED) is 0.645. The molecule has 0 aromatic carbocycles. The average molecular weight is 253 g/mol. The van der Waals surface area contributed by atoms with Gasteiger partial charge >= 0.3 is 12.1 Å². The number of carbonyl (C=O) groups excluding carboxylic acids is 1. The number of H-pyrrole nitrogens is 1. The molecule has 7 nitrogen and oxygen atoms in total. The number of alkyl carbamates (subject to hydrolysis) is 1. The number of hydrogen-bond donors (Lipinski definition) is 3. The first kappa shape index (κ1) is 13.8. The third kappa shape index (κ3) is 3.93. The summed E-state index contributed by atoms with van der Waals surface area (Å²) in [6.07, 6.45) is 2.16. The summed E-state index contributed by atoms with van der Waals surface area (Å²) in [5.74, 6) is -1.15. The molecule has 0 fully saturated rings. The van der Waals surface area contributed by atoms with Crippen LogP contribution in [0.3, 0.4) is 0 Å². The number of amides is 1. The fourth-order valence-corrected chi connectivity index (χ4v) is 1.30. The third-order valence-electron chi connectivity index (χ3n) is 2.25. The molecule has 0 aliphatic carbocycles. The molecule has 0 bridgehead atoms. The first-order chi connectivity index (χ1) is 8.54. The molecule has 1 aromatic heterocycles. The maximum atomic E-state index is 11.3. The second kappa shape index (κ2) is 6.43. The van der Waals surface area contributed by atoms with Gasteiger partial charge in [0.15, 0.2) is 0 Å². The Labute approximate surface area is 104 Å². The zero-order chi connectivity index (χ0) is 13.5. The van der Waals surface area contributed by atoms with E-state index in [-0.39, 0.29) is 13.0 Å². The summed E-state index contributed by atoms with van der Waals surface area (Å²) < 4.78 is 4.66. The van der Waals surface area contributed by atoms with Crippen LogP contribution in [0.25, 0.3) is 0 Å². The topological polar surface area (TPSA) is 104 Å². The van der Waals surface area contributed by atoms with Gasteiger partial charge in [-0.15, -0.1) is 0 Å². The first-order valence-corrected chi connectivity index (χ1v) is 5.30. The van der Waals surface area contributed by atoms with Gasteiger partial charge in [-0.25, -0.2) is 14.6 Å². The number of aromatic amines is 1. The van der Waals surface area contributed by atoms with E-state index >= 15 is 0 Å². The maximum absolute atomic E-state index is 11.3. The monoisotopic (exact) mass is 253 g/mol. The number of nitrogens with one attached hydrogen (secondary N) is 2. The van der Waals surface area contributed by atoms with Crippen LogP contribution in [0.4, 0.5) is 4.79 Å². The summed E-state index contributed by atoms with van der Waals surface area (Å²) in [5.41, 5.74) is 1.36. The lowest BCUT2D eigenvalue weighted by Crippen LogP contribution is -2.42. The molecular weight excluding hydrogens is 238 g/mol. The Balaban J connectivity index is 2.61. The van der Waals surface area contributed by atoms with E-state index < -0.39 is 18.1 Å². The highest BCUT2D eigenvalue weighted by Crippen LogP contribution is 2.05. The van der Waals surface area contributed by atoms with Crippen LogP contribution >= 0.6 is 0 Å². The summed E-state index contributed by atoms with van der Waals surface area (Å²) in [7, 11) is 0. The van der Waals surface area contributed by atoms with Gasteiger partial charge in [-0.2, -0.15) is 0 Å². The van der Waals surface area contributed by atoms with E-state index in [0.29, 0.717) is 5.69 Å².